The number of aliphatic hydroxyl groups is 1. The molecule has 6 nitrogen and oxygen atoms in total. The molecule has 2 aromatic carbocycles. The van der Waals surface area contributed by atoms with Crippen molar-refractivity contribution < 1.29 is 23.5 Å². The van der Waals surface area contributed by atoms with Gasteiger partial charge in [0.25, 0.3) is 5.91 Å². The van der Waals surface area contributed by atoms with Crippen LogP contribution in [-0.4, -0.2) is 44.6 Å². The molecule has 2 saturated heterocycles. The quantitative estimate of drug-likeness (QED) is 0.443. The van der Waals surface area contributed by atoms with E-state index in [0.717, 1.165) is 29.8 Å². The van der Waals surface area contributed by atoms with Crippen molar-refractivity contribution in [2.75, 3.05) is 23.0 Å². The maximum Gasteiger partial charge on any atom is 0.264 e. The van der Waals surface area contributed by atoms with Crippen LogP contribution in [0.1, 0.15) is 43.7 Å². The highest BCUT2D eigenvalue weighted by Crippen LogP contribution is 2.60. The predicted octanol–water partition coefficient (Wildman–Crippen LogP) is 4.91. The summed E-state index contributed by atoms with van der Waals surface area (Å²) in [7, 11) is -3.26. The van der Waals surface area contributed by atoms with E-state index >= 15 is 4.11 Å². The number of hydrogen-bond acceptors (Lipinski definition) is 4. The van der Waals surface area contributed by atoms with Gasteiger partial charge in [0.05, 0.1) is 18.3 Å². The average Bonchev–Trinajstić information content (AvgIpc) is 3.27. The number of carbonyl (C=O) groups is 2. The Morgan fingerprint density at radius 2 is 1.89 bits per heavy atom. The van der Waals surface area contributed by atoms with Gasteiger partial charge in [-0.05, 0) is 56.1 Å². The first kappa shape index (κ1) is 25.1. The van der Waals surface area contributed by atoms with Crippen molar-refractivity contribution in [1.82, 2.24) is 0 Å². The summed E-state index contributed by atoms with van der Waals surface area (Å²) in [6.07, 6.45) is 2.06. The molecule has 0 saturated carbocycles. The monoisotopic (exact) mass is 510 g/mol. The third-order valence-corrected chi connectivity index (χ3v) is 10.6. The minimum absolute atomic E-state index is 0.0782. The molecular weight excluding hydrogens is 475 g/mol. The standard InChI is InChI=1S/C28H35FN2O4Si/c1-19-26(36(2,3)29)24(14-16-32)35-28(19)22-17-21(30-15-8-7-11-25(30)33)12-13-23(22)31(27(28)34)18-20-9-5-4-6-10-20/h4-6,9-10,12-13,17,19,24,26,32H,7-8,11,14-16,18H2,1-3H3/t19-,24+,26-,28+/m0/s1. The number of piperidine rings is 1. The lowest BCUT2D eigenvalue weighted by molar-refractivity contribution is -0.146. The zero-order valence-electron chi connectivity index (χ0n) is 21.2. The summed E-state index contributed by atoms with van der Waals surface area (Å²) in [5.74, 6) is -0.533. The summed E-state index contributed by atoms with van der Waals surface area (Å²) in [5, 5.41) is 9.75. The summed E-state index contributed by atoms with van der Waals surface area (Å²) in [4.78, 5) is 30.6. The predicted molar refractivity (Wildman–Crippen MR) is 140 cm³/mol. The van der Waals surface area contributed by atoms with Crippen LogP contribution in [0.5, 0.6) is 0 Å². The van der Waals surface area contributed by atoms with Crippen LogP contribution in [0, 0.1) is 5.92 Å². The van der Waals surface area contributed by atoms with Crippen LogP contribution in [0.4, 0.5) is 15.5 Å². The van der Waals surface area contributed by atoms with Crippen molar-refractivity contribution in [3.8, 4) is 0 Å². The number of aliphatic hydroxyl groups excluding tert-OH is 1. The summed E-state index contributed by atoms with van der Waals surface area (Å²) >= 11 is 0. The molecule has 36 heavy (non-hydrogen) atoms. The Balaban J connectivity index is 1.64. The highest BCUT2D eigenvalue weighted by atomic mass is 28.4. The van der Waals surface area contributed by atoms with E-state index < -0.39 is 31.6 Å². The van der Waals surface area contributed by atoms with Gasteiger partial charge in [-0.3, -0.25) is 9.59 Å². The number of amides is 2. The van der Waals surface area contributed by atoms with E-state index in [4.69, 9.17) is 4.74 Å². The summed E-state index contributed by atoms with van der Waals surface area (Å²) in [5.41, 5.74) is 1.39. The molecule has 5 rings (SSSR count). The van der Waals surface area contributed by atoms with E-state index in [1.165, 1.54) is 0 Å². The lowest BCUT2D eigenvalue weighted by Gasteiger charge is -2.32. The van der Waals surface area contributed by atoms with Gasteiger partial charge in [-0.2, -0.15) is 0 Å². The van der Waals surface area contributed by atoms with E-state index in [9.17, 15) is 14.7 Å². The molecule has 0 bridgehead atoms. The normalized spacial score (nSPS) is 28.3. The molecule has 3 heterocycles. The topological polar surface area (TPSA) is 70.1 Å². The molecule has 192 valence electrons. The first-order valence-corrected chi connectivity index (χ1v) is 15.9. The van der Waals surface area contributed by atoms with Crippen molar-refractivity contribution in [1.29, 1.82) is 0 Å². The van der Waals surface area contributed by atoms with E-state index in [-0.39, 0.29) is 24.8 Å². The van der Waals surface area contributed by atoms with E-state index in [0.29, 0.717) is 25.1 Å². The van der Waals surface area contributed by atoms with Gasteiger partial charge in [0.1, 0.15) is 0 Å². The number of benzene rings is 2. The molecule has 3 aliphatic rings. The third-order valence-electron chi connectivity index (χ3n) is 8.18. The molecule has 2 aromatic rings. The maximum absolute atomic E-state index is 15.7. The number of carbonyl (C=O) groups excluding carboxylic acids is 2. The third kappa shape index (κ3) is 3.99. The Labute approximate surface area is 213 Å². The van der Waals surface area contributed by atoms with Crippen molar-refractivity contribution in [3.05, 3.63) is 59.7 Å². The van der Waals surface area contributed by atoms with Gasteiger partial charge in [-0.15, -0.1) is 0 Å². The fourth-order valence-electron chi connectivity index (χ4n) is 6.60. The lowest BCUT2D eigenvalue weighted by Crippen LogP contribution is -2.45. The van der Waals surface area contributed by atoms with Gasteiger partial charge < -0.3 is 23.8 Å². The number of nitrogens with zero attached hydrogens (tertiary/aromatic N) is 2. The minimum Gasteiger partial charge on any atom is -0.396 e. The zero-order chi connectivity index (χ0) is 25.7. The molecule has 1 spiro atoms. The van der Waals surface area contributed by atoms with Crippen LogP contribution < -0.4 is 9.80 Å². The van der Waals surface area contributed by atoms with Crippen LogP contribution in [0.3, 0.4) is 0 Å². The molecule has 8 heteroatoms. The second kappa shape index (κ2) is 9.39. The van der Waals surface area contributed by atoms with Gasteiger partial charge in [-0.1, -0.05) is 37.3 Å². The largest absolute Gasteiger partial charge is 0.396 e. The number of fused-ring (bicyclic) bond motifs is 2. The number of ether oxygens (including phenoxy) is 1. The van der Waals surface area contributed by atoms with Gasteiger partial charge in [-0.25, -0.2) is 0 Å². The Morgan fingerprint density at radius 1 is 1.14 bits per heavy atom. The van der Waals surface area contributed by atoms with Gasteiger partial charge in [0.15, 0.2) is 5.60 Å². The molecule has 0 aliphatic carbocycles. The SMILES string of the molecule is C[C@H]1[C@H]([Si](C)(C)F)[C@@H](CCO)O[C@]12C(=O)N(Cc1ccccc1)c1ccc(N3CCCCC3=O)cc12. The van der Waals surface area contributed by atoms with Crippen molar-refractivity contribution >= 4 is 31.6 Å². The molecule has 2 fully saturated rings. The fraction of sp³-hybridized carbons (Fsp3) is 0.500. The van der Waals surface area contributed by atoms with Gasteiger partial charge >= 0.3 is 0 Å². The smallest absolute Gasteiger partial charge is 0.264 e. The number of rotatable bonds is 6. The first-order chi connectivity index (χ1) is 17.2. The molecule has 3 aliphatic heterocycles. The van der Waals surface area contributed by atoms with Crippen LogP contribution in [0.2, 0.25) is 18.6 Å². The van der Waals surface area contributed by atoms with Crippen molar-refractivity contribution in [2.24, 2.45) is 5.92 Å². The van der Waals surface area contributed by atoms with E-state index in [1.54, 1.807) is 22.9 Å². The number of hydrogen-bond donors (Lipinski definition) is 1. The summed E-state index contributed by atoms with van der Waals surface area (Å²) in [6.45, 7) is 6.12. The Bertz CT molecular complexity index is 1150. The molecular formula is C28H35FN2O4Si. The summed E-state index contributed by atoms with van der Waals surface area (Å²) < 4.78 is 22.3. The Kier molecular flexibility index (Phi) is 6.55. The average molecular weight is 511 g/mol. The Morgan fingerprint density at radius 3 is 2.56 bits per heavy atom. The first-order valence-electron chi connectivity index (χ1n) is 13.0. The van der Waals surface area contributed by atoms with Crippen LogP contribution >= 0.6 is 0 Å². The minimum atomic E-state index is -3.26. The van der Waals surface area contributed by atoms with Crippen LogP contribution in [0.15, 0.2) is 48.5 Å². The maximum atomic E-state index is 15.7. The number of halogens is 1. The number of anilines is 2. The second-order valence-electron chi connectivity index (χ2n) is 10.9. The Hall–Kier alpha value is -2.55. The van der Waals surface area contributed by atoms with Gasteiger partial charge in [0.2, 0.25) is 14.3 Å². The fourth-order valence-corrected chi connectivity index (χ4v) is 9.14. The molecule has 0 aromatic heterocycles. The van der Waals surface area contributed by atoms with Crippen LogP contribution in [0.25, 0.3) is 0 Å². The van der Waals surface area contributed by atoms with Crippen LogP contribution in [-0.2, 0) is 26.5 Å². The van der Waals surface area contributed by atoms with E-state index in [1.807, 2.05) is 55.5 Å². The molecule has 0 unspecified atom stereocenters. The molecule has 2 amide bonds. The lowest BCUT2D eigenvalue weighted by atomic mass is 9.82. The van der Waals surface area contributed by atoms with Crippen molar-refractivity contribution in [2.45, 2.75) is 69.5 Å². The highest BCUT2D eigenvalue weighted by molar-refractivity contribution is 6.72. The van der Waals surface area contributed by atoms with Gasteiger partial charge in [0, 0.05) is 42.3 Å². The molecule has 4 atom stereocenters. The molecule has 0 radical (unpaired) electrons. The van der Waals surface area contributed by atoms with Crippen molar-refractivity contribution in [3.63, 3.8) is 0 Å². The molecule has 1 N–H and O–H groups in total. The second-order valence-corrected chi connectivity index (χ2v) is 14.7. The summed E-state index contributed by atoms with van der Waals surface area (Å²) in [6, 6.07) is 15.5. The van der Waals surface area contributed by atoms with E-state index in [2.05, 4.69) is 0 Å². The zero-order valence-corrected chi connectivity index (χ0v) is 22.2. The highest BCUT2D eigenvalue weighted by Gasteiger charge is 2.66.